The van der Waals surface area contributed by atoms with E-state index in [9.17, 15) is 4.79 Å². The van der Waals surface area contributed by atoms with Crippen molar-refractivity contribution < 1.29 is 19.0 Å². The topological polar surface area (TPSA) is 90.7 Å². The summed E-state index contributed by atoms with van der Waals surface area (Å²) in [5.74, 6) is 2.39. The molecule has 0 saturated carbocycles. The van der Waals surface area contributed by atoms with Crippen molar-refractivity contribution in [3.8, 4) is 11.5 Å². The van der Waals surface area contributed by atoms with E-state index in [0.29, 0.717) is 43.8 Å². The maximum atomic E-state index is 12.6. The lowest BCUT2D eigenvalue weighted by molar-refractivity contribution is -0.119. The maximum Gasteiger partial charge on any atom is 0.230 e. The average Bonchev–Trinajstić information content (AvgIpc) is 3.29. The number of nitrogens with one attached hydrogen (secondary N) is 1. The molecule has 9 nitrogen and oxygen atoms in total. The maximum absolute atomic E-state index is 12.6. The van der Waals surface area contributed by atoms with Crippen LogP contribution in [0.5, 0.6) is 11.5 Å². The van der Waals surface area contributed by atoms with E-state index in [1.807, 2.05) is 42.5 Å². The second-order valence-electron chi connectivity index (χ2n) is 8.04. The Morgan fingerprint density at radius 1 is 1.03 bits per heavy atom. The molecule has 1 atom stereocenters. The summed E-state index contributed by atoms with van der Waals surface area (Å²) in [7, 11) is 0. The molecule has 3 heterocycles. The van der Waals surface area contributed by atoms with Gasteiger partial charge in [-0.15, -0.1) is 10.2 Å². The quantitative estimate of drug-likeness (QED) is 0.490. The molecule has 178 valence electrons. The Hall–Kier alpha value is -3.24. The summed E-state index contributed by atoms with van der Waals surface area (Å²) in [6.45, 7) is 4.29. The van der Waals surface area contributed by atoms with E-state index in [1.165, 1.54) is 11.8 Å². The van der Waals surface area contributed by atoms with Gasteiger partial charge in [0.05, 0.1) is 32.1 Å². The molecule has 0 spiro atoms. The zero-order chi connectivity index (χ0) is 23.2. The number of anilines is 1. The Kier molecular flexibility index (Phi) is 7.16. The van der Waals surface area contributed by atoms with E-state index in [-0.39, 0.29) is 17.8 Å². The second-order valence-corrected chi connectivity index (χ2v) is 8.99. The van der Waals surface area contributed by atoms with Crippen LogP contribution in [0.1, 0.15) is 5.56 Å². The molecule has 2 aliphatic rings. The SMILES string of the molecule is O=C(CSc1nnc(N2CCOCC2)n1Cc1ccccc1)NCC1COc2ccccc2O1. The van der Waals surface area contributed by atoms with Crippen LogP contribution in [-0.2, 0) is 16.1 Å². The fourth-order valence-electron chi connectivity index (χ4n) is 3.86. The van der Waals surface area contributed by atoms with E-state index in [1.54, 1.807) is 0 Å². The van der Waals surface area contributed by atoms with Crippen molar-refractivity contribution in [1.29, 1.82) is 0 Å². The Bertz CT molecular complexity index is 1100. The Morgan fingerprint density at radius 3 is 2.62 bits per heavy atom. The largest absolute Gasteiger partial charge is 0.486 e. The third-order valence-electron chi connectivity index (χ3n) is 5.60. The molecule has 1 unspecified atom stereocenters. The summed E-state index contributed by atoms with van der Waals surface area (Å²) >= 11 is 1.38. The summed E-state index contributed by atoms with van der Waals surface area (Å²) in [6.07, 6.45) is -0.224. The molecule has 10 heteroatoms. The van der Waals surface area contributed by atoms with Crippen molar-refractivity contribution in [2.75, 3.05) is 50.1 Å². The lowest BCUT2D eigenvalue weighted by atomic mass is 10.2. The molecule has 0 radical (unpaired) electrons. The van der Waals surface area contributed by atoms with Crippen LogP contribution in [0.3, 0.4) is 0 Å². The van der Waals surface area contributed by atoms with E-state index in [2.05, 4.69) is 37.1 Å². The normalized spacial score (nSPS) is 17.4. The molecule has 1 saturated heterocycles. The van der Waals surface area contributed by atoms with Crippen LogP contribution in [0.15, 0.2) is 59.8 Å². The standard InChI is InChI=1S/C24H27N5O4S/c30-22(25-14-19-16-32-20-8-4-5-9-21(20)33-19)17-34-24-27-26-23(28-10-12-31-13-11-28)29(24)15-18-6-2-1-3-7-18/h1-9,19H,10-17H2,(H,25,30). The van der Waals surface area contributed by atoms with Gasteiger partial charge in [-0.1, -0.05) is 54.2 Å². The van der Waals surface area contributed by atoms with Crippen molar-refractivity contribution in [1.82, 2.24) is 20.1 Å². The molecule has 1 N–H and O–H groups in total. The number of hydrogen-bond donors (Lipinski definition) is 1. The fourth-order valence-corrected chi connectivity index (χ4v) is 4.62. The molecule has 3 aromatic rings. The number of thioether (sulfide) groups is 1. The first-order valence-corrected chi connectivity index (χ1v) is 12.3. The highest BCUT2D eigenvalue weighted by Gasteiger charge is 2.23. The van der Waals surface area contributed by atoms with Gasteiger partial charge in [-0.25, -0.2) is 0 Å². The number of rotatable bonds is 8. The number of amides is 1. The van der Waals surface area contributed by atoms with Gasteiger partial charge in [0.2, 0.25) is 11.9 Å². The van der Waals surface area contributed by atoms with Crippen LogP contribution in [-0.4, -0.2) is 72.0 Å². The minimum Gasteiger partial charge on any atom is -0.486 e. The monoisotopic (exact) mass is 481 g/mol. The number of aromatic nitrogens is 3. The van der Waals surface area contributed by atoms with Crippen molar-refractivity contribution in [3.63, 3.8) is 0 Å². The predicted molar refractivity (Wildman–Crippen MR) is 129 cm³/mol. The third-order valence-corrected chi connectivity index (χ3v) is 6.57. The zero-order valence-corrected chi connectivity index (χ0v) is 19.6. The Labute approximate surface area is 202 Å². The van der Waals surface area contributed by atoms with Crippen LogP contribution >= 0.6 is 11.8 Å². The number of carbonyl (C=O) groups is 1. The first-order chi connectivity index (χ1) is 16.8. The van der Waals surface area contributed by atoms with Crippen LogP contribution in [0.25, 0.3) is 0 Å². The third kappa shape index (κ3) is 5.45. The highest BCUT2D eigenvalue weighted by molar-refractivity contribution is 7.99. The first-order valence-electron chi connectivity index (χ1n) is 11.3. The summed E-state index contributed by atoms with van der Waals surface area (Å²) in [5, 5.41) is 12.5. The number of benzene rings is 2. The van der Waals surface area contributed by atoms with E-state index < -0.39 is 0 Å². The van der Waals surface area contributed by atoms with Crippen LogP contribution in [0.2, 0.25) is 0 Å². The lowest BCUT2D eigenvalue weighted by Crippen LogP contribution is -2.41. The molecular weight excluding hydrogens is 454 g/mol. The van der Waals surface area contributed by atoms with Crippen molar-refractivity contribution >= 4 is 23.6 Å². The van der Waals surface area contributed by atoms with Crippen LogP contribution in [0.4, 0.5) is 5.95 Å². The van der Waals surface area contributed by atoms with E-state index >= 15 is 0 Å². The van der Waals surface area contributed by atoms with Gasteiger partial charge in [-0.3, -0.25) is 9.36 Å². The molecule has 0 aliphatic carbocycles. The predicted octanol–water partition coefficient (Wildman–Crippen LogP) is 2.21. The van der Waals surface area contributed by atoms with Crippen LogP contribution in [0, 0.1) is 0 Å². The molecule has 2 aromatic carbocycles. The lowest BCUT2D eigenvalue weighted by Gasteiger charge is -2.28. The summed E-state index contributed by atoms with van der Waals surface area (Å²) in [6, 6.07) is 17.7. The van der Waals surface area contributed by atoms with Gasteiger partial charge in [-0.05, 0) is 17.7 Å². The Morgan fingerprint density at radius 2 is 1.79 bits per heavy atom. The van der Waals surface area contributed by atoms with Crippen molar-refractivity contribution in [3.05, 3.63) is 60.2 Å². The van der Waals surface area contributed by atoms with Crippen molar-refractivity contribution in [2.24, 2.45) is 0 Å². The minimum absolute atomic E-state index is 0.0883. The molecular formula is C24H27N5O4S. The highest BCUT2D eigenvalue weighted by atomic mass is 32.2. The average molecular weight is 482 g/mol. The van der Waals surface area contributed by atoms with Gasteiger partial charge in [-0.2, -0.15) is 0 Å². The van der Waals surface area contributed by atoms with Gasteiger partial charge in [0.15, 0.2) is 16.7 Å². The smallest absolute Gasteiger partial charge is 0.230 e. The number of fused-ring (bicyclic) bond motifs is 1. The summed E-state index contributed by atoms with van der Waals surface area (Å²) < 4.78 is 19.2. The highest BCUT2D eigenvalue weighted by Crippen LogP contribution is 2.30. The molecule has 0 bridgehead atoms. The summed E-state index contributed by atoms with van der Waals surface area (Å²) in [5.41, 5.74) is 1.15. The number of nitrogens with zero attached hydrogens (tertiary/aromatic N) is 4. The van der Waals surface area contributed by atoms with Crippen LogP contribution < -0.4 is 19.7 Å². The van der Waals surface area contributed by atoms with Gasteiger partial charge >= 0.3 is 0 Å². The van der Waals surface area contributed by atoms with Gasteiger partial charge < -0.3 is 24.4 Å². The van der Waals surface area contributed by atoms with Gasteiger partial charge in [0.25, 0.3) is 0 Å². The van der Waals surface area contributed by atoms with E-state index in [4.69, 9.17) is 14.2 Å². The van der Waals surface area contributed by atoms with Gasteiger partial charge in [0, 0.05) is 13.1 Å². The summed E-state index contributed by atoms with van der Waals surface area (Å²) in [4.78, 5) is 14.8. The molecule has 1 amide bonds. The molecule has 5 rings (SSSR count). The molecule has 1 fully saturated rings. The first kappa shape index (κ1) is 22.5. The second kappa shape index (κ2) is 10.8. The number of ether oxygens (including phenoxy) is 3. The van der Waals surface area contributed by atoms with E-state index in [0.717, 1.165) is 30.4 Å². The number of hydrogen-bond acceptors (Lipinski definition) is 8. The number of carbonyl (C=O) groups excluding carboxylic acids is 1. The van der Waals surface area contributed by atoms with Gasteiger partial charge in [0.1, 0.15) is 12.7 Å². The molecule has 1 aromatic heterocycles. The molecule has 34 heavy (non-hydrogen) atoms. The Balaban J connectivity index is 1.19. The molecule has 2 aliphatic heterocycles. The fraction of sp³-hybridized carbons (Fsp3) is 0.375. The van der Waals surface area contributed by atoms with Crippen molar-refractivity contribution in [2.45, 2.75) is 17.8 Å². The zero-order valence-electron chi connectivity index (χ0n) is 18.8. The minimum atomic E-state index is -0.224. The number of para-hydroxylation sites is 2. The number of morpholine rings is 1.